The summed E-state index contributed by atoms with van der Waals surface area (Å²) >= 11 is 5.40. The summed E-state index contributed by atoms with van der Waals surface area (Å²) in [6.07, 6.45) is 0. The molecule has 0 fully saturated rings. The minimum atomic E-state index is -0.242. The third kappa shape index (κ3) is 5.17. The zero-order valence-corrected chi connectivity index (χ0v) is 21.5. The highest BCUT2D eigenvalue weighted by atomic mass is 32.1. The largest absolute Gasteiger partial charge is 0.372 e. The number of nitrogens with one attached hydrogen (secondary N) is 2. The van der Waals surface area contributed by atoms with E-state index in [9.17, 15) is 4.79 Å². The maximum Gasteiger partial charge on any atom is 0.257 e. The summed E-state index contributed by atoms with van der Waals surface area (Å²) < 4.78 is 0. The quantitative estimate of drug-likeness (QED) is 0.359. The highest BCUT2D eigenvalue weighted by Gasteiger charge is 2.14. The van der Waals surface area contributed by atoms with Gasteiger partial charge in [0, 0.05) is 30.0 Å². The number of hydrogen-bond donors (Lipinski definition) is 2. The fourth-order valence-corrected chi connectivity index (χ4v) is 4.31. The molecule has 8 heteroatoms. The van der Waals surface area contributed by atoms with E-state index in [4.69, 9.17) is 22.4 Å². The number of carbonyl (C=O) groups is 1. The first-order valence-electron chi connectivity index (χ1n) is 11.7. The maximum absolute atomic E-state index is 12.6. The molecule has 4 rings (SSSR count). The number of benzene rings is 3. The molecular weight excluding hydrogens is 456 g/mol. The molecule has 1 aromatic heterocycles. The van der Waals surface area contributed by atoms with Gasteiger partial charge in [-0.1, -0.05) is 18.2 Å². The van der Waals surface area contributed by atoms with E-state index in [2.05, 4.69) is 54.5 Å². The smallest absolute Gasteiger partial charge is 0.257 e. The summed E-state index contributed by atoms with van der Waals surface area (Å²) in [4.78, 5) is 16.6. The maximum atomic E-state index is 12.6. The van der Waals surface area contributed by atoms with Crippen LogP contribution in [0.4, 0.5) is 11.4 Å². The molecule has 0 aliphatic carbocycles. The molecule has 0 bridgehead atoms. The molecule has 4 aromatic rings. The van der Waals surface area contributed by atoms with Crippen LogP contribution in [-0.2, 0) is 0 Å². The average molecular weight is 487 g/mol. The molecule has 0 atom stereocenters. The van der Waals surface area contributed by atoms with E-state index in [-0.39, 0.29) is 11.0 Å². The van der Waals surface area contributed by atoms with E-state index in [1.807, 2.05) is 44.2 Å². The number of aryl methyl sites for hydroxylation is 3. The van der Waals surface area contributed by atoms with Crippen LogP contribution < -0.4 is 15.5 Å². The molecule has 0 unspecified atom stereocenters. The lowest BCUT2D eigenvalue weighted by molar-refractivity contribution is 0.0977. The summed E-state index contributed by atoms with van der Waals surface area (Å²) in [5.74, 6) is -0.242. The minimum absolute atomic E-state index is 0.232. The highest BCUT2D eigenvalue weighted by molar-refractivity contribution is 7.80. The monoisotopic (exact) mass is 486 g/mol. The number of nitrogens with zero attached hydrogens (tertiary/aromatic N) is 4. The van der Waals surface area contributed by atoms with Gasteiger partial charge < -0.3 is 10.2 Å². The molecule has 0 aliphatic rings. The number of rotatable bonds is 6. The van der Waals surface area contributed by atoms with Gasteiger partial charge in [0.1, 0.15) is 11.0 Å². The molecule has 0 spiro atoms. The van der Waals surface area contributed by atoms with Crippen LogP contribution in [0.1, 0.15) is 40.9 Å². The molecule has 0 radical (unpaired) electrons. The van der Waals surface area contributed by atoms with Crippen molar-refractivity contribution >= 4 is 45.6 Å². The zero-order chi connectivity index (χ0) is 25.1. The number of amides is 1. The van der Waals surface area contributed by atoms with Crippen molar-refractivity contribution in [3.63, 3.8) is 0 Å². The Morgan fingerprint density at radius 1 is 0.914 bits per heavy atom. The Hall–Kier alpha value is -3.78. The SMILES string of the molecule is CCN(CC)c1ccc(-n2nc3cc(C)c(NC(=S)NC(=O)c4ccccc4C)cc3n2)c(C)c1. The molecule has 2 N–H and O–H groups in total. The van der Waals surface area contributed by atoms with Gasteiger partial charge in [0.05, 0.1) is 5.69 Å². The predicted molar refractivity (Wildman–Crippen MR) is 147 cm³/mol. The Morgan fingerprint density at radius 3 is 2.26 bits per heavy atom. The molecule has 7 nitrogen and oxygen atoms in total. The van der Waals surface area contributed by atoms with Crippen molar-refractivity contribution in [3.8, 4) is 5.69 Å². The lowest BCUT2D eigenvalue weighted by Crippen LogP contribution is -2.34. The Labute approximate surface area is 211 Å². The molecule has 1 amide bonds. The molecule has 0 saturated heterocycles. The summed E-state index contributed by atoms with van der Waals surface area (Å²) in [5.41, 5.74) is 7.95. The standard InChI is InChI=1S/C27H30N6OS/c1-6-32(7-2)20-12-13-25(19(5)14-20)33-30-23-15-18(4)22(16-24(23)31-33)28-27(35)29-26(34)21-11-9-8-10-17(21)3/h8-16H,6-7H2,1-5H3,(H2,28,29,34,35). The van der Waals surface area contributed by atoms with E-state index >= 15 is 0 Å². The number of fused-ring (bicyclic) bond motifs is 1. The first kappa shape index (κ1) is 24.3. The third-order valence-electron chi connectivity index (χ3n) is 6.12. The Bertz CT molecular complexity index is 1410. The van der Waals surface area contributed by atoms with Crippen molar-refractivity contribution in [2.24, 2.45) is 0 Å². The van der Waals surface area contributed by atoms with Gasteiger partial charge in [0.15, 0.2) is 5.11 Å². The van der Waals surface area contributed by atoms with Crippen molar-refractivity contribution in [1.29, 1.82) is 0 Å². The average Bonchev–Trinajstić information content (AvgIpc) is 3.22. The zero-order valence-electron chi connectivity index (χ0n) is 20.7. The lowest BCUT2D eigenvalue weighted by Gasteiger charge is -2.22. The summed E-state index contributed by atoms with van der Waals surface area (Å²) in [7, 11) is 0. The van der Waals surface area contributed by atoms with E-state index in [1.165, 1.54) is 5.69 Å². The first-order valence-corrected chi connectivity index (χ1v) is 12.1. The number of hydrogen-bond acceptors (Lipinski definition) is 5. The van der Waals surface area contributed by atoms with Gasteiger partial charge in [0.2, 0.25) is 0 Å². The van der Waals surface area contributed by atoms with E-state index in [0.717, 1.165) is 52.2 Å². The van der Waals surface area contributed by atoms with Crippen molar-refractivity contribution in [3.05, 3.63) is 76.9 Å². The molecule has 0 saturated carbocycles. The Morgan fingerprint density at radius 2 is 1.60 bits per heavy atom. The van der Waals surface area contributed by atoms with Crippen molar-refractivity contribution < 1.29 is 4.79 Å². The van der Waals surface area contributed by atoms with Gasteiger partial charge in [-0.2, -0.15) is 4.80 Å². The Balaban J connectivity index is 1.55. The fraction of sp³-hybridized carbons (Fsp3) is 0.259. The van der Waals surface area contributed by atoms with Crippen LogP contribution in [0.15, 0.2) is 54.6 Å². The molecule has 180 valence electrons. The Kier molecular flexibility index (Phi) is 7.12. The van der Waals surface area contributed by atoms with Crippen LogP contribution in [0.3, 0.4) is 0 Å². The summed E-state index contributed by atoms with van der Waals surface area (Å²) in [6.45, 7) is 12.2. The number of anilines is 2. The molecule has 1 heterocycles. The molecule has 0 aliphatic heterocycles. The highest BCUT2D eigenvalue weighted by Crippen LogP contribution is 2.25. The van der Waals surface area contributed by atoms with Gasteiger partial charge in [-0.25, -0.2) is 0 Å². The van der Waals surface area contributed by atoms with Crippen molar-refractivity contribution in [1.82, 2.24) is 20.3 Å². The normalized spacial score (nSPS) is 10.9. The van der Waals surface area contributed by atoms with Gasteiger partial charge in [-0.3, -0.25) is 10.1 Å². The summed E-state index contributed by atoms with van der Waals surface area (Å²) in [5, 5.41) is 15.5. The van der Waals surface area contributed by atoms with Crippen LogP contribution in [-0.4, -0.2) is 39.1 Å². The number of thiocarbonyl (C=S) groups is 1. The van der Waals surface area contributed by atoms with Crippen LogP contribution in [0.5, 0.6) is 0 Å². The van der Waals surface area contributed by atoms with Crippen LogP contribution in [0.25, 0.3) is 16.7 Å². The van der Waals surface area contributed by atoms with Gasteiger partial charge in [0.25, 0.3) is 5.91 Å². The predicted octanol–water partition coefficient (Wildman–Crippen LogP) is 5.32. The van der Waals surface area contributed by atoms with Crippen molar-refractivity contribution in [2.75, 3.05) is 23.3 Å². The van der Waals surface area contributed by atoms with E-state index in [1.54, 1.807) is 10.9 Å². The second kappa shape index (κ2) is 10.2. The second-order valence-corrected chi connectivity index (χ2v) is 8.92. The van der Waals surface area contributed by atoms with Gasteiger partial charge in [-0.05, 0) is 99.9 Å². The molecular formula is C27H30N6OS. The molecule has 35 heavy (non-hydrogen) atoms. The van der Waals surface area contributed by atoms with Gasteiger partial charge in [-0.15, -0.1) is 10.2 Å². The van der Waals surface area contributed by atoms with E-state index in [0.29, 0.717) is 5.56 Å². The van der Waals surface area contributed by atoms with Crippen LogP contribution in [0.2, 0.25) is 0 Å². The molecule has 3 aromatic carbocycles. The third-order valence-corrected chi connectivity index (χ3v) is 6.32. The van der Waals surface area contributed by atoms with E-state index < -0.39 is 0 Å². The van der Waals surface area contributed by atoms with Crippen molar-refractivity contribution in [2.45, 2.75) is 34.6 Å². The topological polar surface area (TPSA) is 75.1 Å². The second-order valence-electron chi connectivity index (χ2n) is 8.51. The number of carbonyl (C=O) groups excluding carboxylic acids is 1. The van der Waals surface area contributed by atoms with Crippen LogP contribution >= 0.6 is 12.2 Å². The fourth-order valence-electron chi connectivity index (χ4n) is 4.11. The van der Waals surface area contributed by atoms with Crippen LogP contribution in [0, 0.1) is 20.8 Å². The summed E-state index contributed by atoms with van der Waals surface area (Å²) in [6, 6.07) is 17.6. The minimum Gasteiger partial charge on any atom is -0.372 e. The number of aromatic nitrogens is 3. The lowest BCUT2D eigenvalue weighted by atomic mass is 10.1. The first-order chi connectivity index (χ1) is 16.8. The van der Waals surface area contributed by atoms with Gasteiger partial charge >= 0.3 is 0 Å².